The van der Waals surface area contributed by atoms with Crippen molar-refractivity contribution in [1.82, 2.24) is 4.98 Å². The number of carboxylic acid groups (broad SMARTS) is 1. The van der Waals surface area contributed by atoms with Crippen molar-refractivity contribution >= 4 is 5.97 Å². The van der Waals surface area contributed by atoms with E-state index in [0.717, 1.165) is 11.3 Å². The molecule has 0 saturated carbocycles. The summed E-state index contributed by atoms with van der Waals surface area (Å²) < 4.78 is 10.3. The molecule has 5 heteroatoms. The summed E-state index contributed by atoms with van der Waals surface area (Å²) in [5, 5.41) is 9.17. The number of carbonyl (C=O) groups is 1. The van der Waals surface area contributed by atoms with Gasteiger partial charge in [0.2, 0.25) is 5.88 Å². The number of fused-ring (bicyclic) bond motifs is 1. The van der Waals surface area contributed by atoms with Crippen molar-refractivity contribution in [2.24, 2.45) is 0 Å². The second-order valence-corrected chi connectivity index (χ2v) is 3.65. The largest absolute Gasteiger partial charge is 0.480 e. The fraction of sp³-hybridized carbons (Fsp3) is 0.455. The molecule has 5 nitrogen and oxygen atoms in total. The highest BCUT2D eigenvalue weighted by molar-refractivity contribution is 5.92. The Morgan fingerprint density at radius 1 is 1.50 bits per heavy atom. The highest BCUT2D eigenvalue weighted by atomic mass is 16.5. The van der Waals surface area contributed by atoms with Crippen LogP contribution in [0.1, 0.15) is 27.2 Å². The molecule has 86 valence electrons. The van der Waals surface area contributed by atoms with Gasteiger partial charge in [-0.1, -0.05) is 0 Å². The summed E-state index contributed by atoms with van der Waals surface area (Å²) in [6, 6.07) is 0. The first-order valence-corrected chi connectivity index (χ1v) is 5.02. The molecule has 1 aliphatic heterocycles. The molecule has 1 aromatic heterocycles. The van der Waals surface area contributed by atoms with E-state index in [2.05, 4.69) is 4.98 Å². The monoisotopic (exact) mass is 223 g/mol. The Labute approximate surface area is 93.0 Å². The summed E-state index contributed by atoms with van der Waals surface area (Å²) in [6.45, 7) is 2.79. The van der Waals surface area contributed by atoms with Crippen LogP contribution < -0.4 is 4.74 Å². The summed E-state index contributed by atoms with van der Waals surface area (Å²) >= 11 is 0. The average molecular weight is 223 g/mol. The van der Waals surface area contributed by atoms with Gasteiger partial charge in [0.15, 0.2) is 0 Å². The van der Waals surface area contributed by atoms with Gasteiger partial charge < -0.3 is 14.6 Å². The first kappa shape index (κ1) is 10.9. The van der Waals surface area contributed by atoms with Crippen molar-refractivity contribution in [2.45, 2.75) is 20.0 Å². The van der Waals surface area contributed by atoms with Crippen LogP contribution in [0.3, 0.4) is 0 Å². The lowest BCUT2D eigenvalue weighted by atomic mass is 9.97. The number of methoxy groups -OCH3 is 1. The van der Waals surface area contributed by atoms with Gasteiger partial charge in [-0.2, -0.15) is 0 Å². The molecular weight excluding hydrogens is 210 g/mol. The van der Waals surface area contributed by atoms with Crippen LogP contribution in [0, 0.1) is 6.92 Å². The maximum absolute atomic E-state index is 11.2. The molecule has 0 aromatic carbocycles. The average Bonchev–Trinajstić information content (AvgIpc) is 2.28. The van der Waals surface area contributed by atoms with E-state index in [1.807, 2.05) is 6.92 Å². The fourth-order valence-corrected chi connectivity index (χ4v) is 1.98. The predicted octanol–water partition coefficient (Wildman–Crippen LogP) is 1.17. The van der Waals surface area contributed by atoms with Crippen LogP contribution in [-0.4, -0.2) is 29.8 Å². The zero-order valence-electron chi connectivity index (χ0n) is 9.24. The van der Waals surface area contributed by atoms with Crippen molar-refractivity contribution < 1.29 is 19.4 Å². The number of ether oxygens (including phenoxy) is 2. The van der Waals surface area contributed by atoms with Gasteiger partial charge in [-0.25, -0.2) is 9.78 Å². The molecule has 0 bridgehead atoms. The third kappa shape index (κ3) is 1.63. The Bertz CT molecular complexity index is 442. The first-order valence-electron chi connectivity index (χ1n) is 5.02. The fourth-order valence-electron chi connectivity index (χ4n) is 1.98. The number of nitrogens with zero attached hydrogens (tertiary/aromatic N) is 1. The van der Waals surface area contributed by atoms with Crippen LogP contribution in [0.25, 0.3) is 0 Å². The normalized spacial score (nSPS) is 14.4. The second kappa shape index (κ2) is 4.09. The molecule has 0 radical (unpaired) electrons. The van der Waals surface area contributed by atoms with Crippen molar-refractivity contribution in [1.29, 1.82) is 0 Å². The topological polar surface area (TPSA) is 68.7 Å². The van der Waals surface area contributed by atoms with Crippen molar-refractivity contribution in [2.75, 3.05) is 13.7 Å². The van der Waals surface area contributed by atoms with Crippen molar-refractivity contribution in [3.8, 4) is 5.88 Å². The van der Waals surface area contributed by atoms with Gasteiger partial charge in [-0.3, -0.25) is 0 Å². The lowest BCUT2D eigenvalue weighted by Gasteiger charge is -2.21. The Morgan fingerprint density at radius 2 is 2.25 bits per heavy atom. The molecule has 2 heterocycles. The lowest BCUT2D eigenvalue weighted by molar-refractivity contribution is 0.0675. The van der Waals surface area contributed by atoms with Crippen molar-refractivity contribution in [3.05, 3.63) is 22.4 Å². The third-order valence-corrected chi connectivity index (χ3v) is 2.74. The molecule has 2 rings (SSSR count). The number of aromatic carboxylic acids is 1. The van der Waals surface area contributed by atoms with Gasteiger partial charge in [-0.15, -0.1) is 0 Å². The highest BCUT2D eigenvalue weighted by Crippen LogP contribution is 2.29. The number of hydrogen-bond acceptors (Lipinski definition) is 4. The minimum absolute atomic E-state index is 0.128. The lowest BCUT2D eigenvalue weighted by Crippen LogP contribution is -2.18. The van der Waals surface area contributed by atoms with Crippen LogP contribution in [-0.2, 0) is 17.8 Å². The van der Waals surface area contributed by atoms with Crippen LogP contribution in [0.15, 0.2) is 0 Å². The molecule has 16 heavy (non-hydrogen) atoms. The summed E-state index contributed by atoms with van der Waals surface area (Å²) in [7, 11) is 1.42. The van der Waals surface area contributed by atoms with Crippen molar-refractivity contribution in [3.63, 3.8) is 0 Å². The van der Waals surface area contributed by atoms with E-state index < -0.39 is 5.97 Å². The third-order valence-electron chi connectivity index (χ3n) is 2.74. The van der Waals surface area contributed by atoms with Gasteiger partial charge in [-0.05, 0) is 18.9 Å². The number of aryl methyl sites for hydroxylation is 1. The molecule has 0 unspecified atom stereocenters. The zero-order chi connectivity index (χ0) is 11.7. The van der Waals surface area contributed by atoms with Gasteiger partial charge in [0, 0.05) is 11.3 Å². The molecule has 0 amide bonds. The van der Waals surface area contributed by atoms with Gasteiger partial charge >= 0.3 is 5.97 Å². The van der Waals surface area contributed by atoms with Crippen LogP contribution in [0.2, 0.25) is 0 Å². The molecule has 0 aliphatic carbocycles. The number of pyridine rings is 1. The number of carboxylic acids is 1. The van der Waals surface area contributed by atoms with E-state index in [9.17, 15) is 4.79 Å². The van der Waals surface area contributed by atoms with E-state index in [1.165, 1.54) is 7.11 Å². The van der Waals surface area contributed by atoms with Crippen LogP contribution in [0.5, 0.6) is 5.88 Å². The molecule has 0 fully saturated rings. The Hall–Kier alpha value is -1.62. The number of hydrogen-bond donors (Lipinski definition) is 1. The van der Waals surface area contributed by atoms with E-state index >= 15 is 0 Å². The van der Waals surface area contributed by atoms with Crippen LogP contribution >= 0.6 is 0 Å². The molecule has 0 atom stereocenters. The Balaban J connectivity index is 2.68. The van der Waals surface area contributed by atoms with E-state index in [0.29, 0.717) is 25.2 Å². The van der Waals surface area contributed by atoms with Crippen LogP contribution in [0.4, 0.5) is 0 Å². The summed E-state index contributed by atoms with van der Waals surface area (Å²) in [5.41, 5.74) is 2.62. The molecule has 0 saturated heterocycles. The molecule has 1 aliphatic rings. The number of aromatic nitrogens is 1. The quantitative estimate of drug-likeness (QED) is 0.815. The Kier molecular flexibility index (Phi) is 2.78. The summed E-state index contributed by atoms with van der Waals surface area (Å²) in [6.07, 6.45) is 0.707. The maximum atomic E-state index is 11.2. The summed E-state index contributed by atoms with van der Waals surface area (Å²) in [5.74, 6) is -0.861. The second-order valence-electron chi connectivity index (χ2n) is 3.65. The van der Waals surface area contributed by atoms with Gasteiger partial charge in [0.25, 0.3) is 0 Å². The zero-order valence-corrected chi connectivity index (χ0v) is 9.24. The van der Waals surface area contributed by atoms with E-state index in [-0.39, 0.29) is 11.4 Å². The van der Waals surface area contributed by atoms with Gasteiger partial charge in [0.1, 0.15) is 5.56 Å². The smallest absolute Gasteiger partial charge is 0.341 e. The number of rotatable bonds is 2. The predicted molar refractivity (Wildman–Crippen MR) is 55.8 cm³/mol. The molecule has 0 spiro atoms. The Morgan fingerprint density at radius 3 is 2.88 bits per heavy atom. The first-order chi connectivity index (χ1) is 7.65. The SMILES string of the molecule is COc1nc(C)c2c(c1C(=O)O)COCC2. The maximum Gasteiger partial charge on any atom is 0.341 e. The minimum atomic E-state index is -1.02. The highest BCUT2D eigenvalue weighted by Gasteiger charge is 2.25. The van der Waals surface area contributed by atoms with E-state index in [4.69, 9.17) is 14.6 Å². The summed E-state index contributed by atoms with van der Waals surface area (Å²) in [4.78, 5) is 15.4. The molecular formula is C11H13NO4. The minimum Gasteiger partial charge on any atom is -0.480 e. The standard InChI is InChI=1S/C11H13NO4/c1-6-7-3-4-16-5-8(7)9(11(13)14)10(12-6)15-2/h3-5H2,1-2H3,(H,13,14). The molecule has 1 aromatic rings. The molecule has 1 N–H and O–H groups in total. The van der Waals surface area contributed by atoms with Gasteiger partial charge in [0.05, 0.1) is 20.3 Å². The van der Waals surface area contributed by atoms with E-state index in [1.54, 1.807) is 0 Å².